The van der Waals surface area contributed by atoms with Crippen LogP contribution in [0.3, 0.4) is 0 Å². The molecule has 0 fully saturated rings. The summed E-state index contributed by atoms with van der Waals surface area (Å²) in [7, 11) is -3.40. The zero-order valence-electron chi connectivity index (χ0n) is 5.98. The van der Waals surface area contributed by atoms with Gasteiger partial charge in [-0.3, -0.25) is 0 Å². The summed E-state index contributed by atoms with van der Waals surface area (Å²) in [6.07, 6.45) is 5.38. The Morgan fingerprint density at radius 2 is 2.36 bits per heavy atom. The van der Waals surface area contributed by atoms with Gasteiger partial charge in [0, 0.05) is 6.08 Å². The van der Waals surface area contributed by atoms with Gasteiger partial charge in [-0.2, -0.15) is 8.42 Å². The summed E-state index contributed by atoms with van der Waals surface area (Å²) in [6.45, 7) is 0.349. The van der Waals surface area contributed by atoms with E-state index in [1.807, 2.05) is 0 Å². The molecule has 0 aromatic carbocycles. The molecule has 0 amide bonds. The Balaban J connectivity index is 2.64. The lowest BCUT2D eigenvalue weighted by molar-refractivity contribution is 0.274. The standard InChI is InChI=1S/C6H8O4S/c1-11(7,8)10-6-2-4-9-5-3-6/h2-4H,5H2,1H3. The Morgan fingerprint density at radius 1 is 1.64 bits per heavy atom. The van der Waals surface area contributed by atoms with Crippen molar-refractivity contribution in [3.8, 4) is 0 Å². The van der Waals surface area contributed by atoms with E-state index >= 15 is 0 Å². The molecule has 0 saturated carbocycles. The van der Waals surface area contributed by atoms with Crippen molar-refractivity contribution in [2.75, 3.05) is 12.9 Å². The van der Waals surface area contributed by atoms with E-state index in [9.17, 15) is 8.42 Å². The van der Waals surface area contributed by atoms with Crippen LogP contribution in [0.5, 0.6) is 0 Å². The van der Waals surface area contributed by atoms with Gasteiger partial charge >= 0.3 is 10.1 Å². The first-order valence-electron chi connectivity index (χ1n) is 2.96. The summed E-state index contributed by atoms with van der Waals surface area (Å²) in [4.78, 5) is 0. The van der Waals surface area contributed by atoms with E-state index in [-0.39, 0.29) is 0 Å². The summed E-state index contributed by atoms with van der Waals surface area (Å²) in [5.74, 6) is 0.304. The zero-order valence-corrected chi connectivity index (χ0v) is 6.80. The van der Waals surface area contributed by atoms with Crippen LogP contribution in [0.1, 0.15) is 0 Å². The lowest BCUT2D eigenvalue weighted by atomic mass is 10.4. The highest BCUT2D eigenvalue weighted by molar-refractivity contribution is 7.86. The fourth-order valence-electron chi connectivity index (χ4n) is 0.606. The summed E-state index contributed by atoms with van der Waals surface area (Å²) < 4.78 is 30.5. The molecule has 1 rings (SSSR count). The zero-order chi connectivity index (χ0) is 8.32. The molecule has 1 aliphatic heterocycles. The molecule has 0 saturated heterocycles. The summed E-state index contributed by atoms with van der Waals surface area (Å²) >= 11 is 0. The number of rotatable bonds is 2. The van der Waals surface area contributed by atoms with Gasteiger partial charge in [0.05, 0.1) is 12.5 Å². The van der Waals surface area contributed by atoms with E-state index < -0.39 is 10.1 Å². The van der Waals surface area contributed by atoms with Crippen LogP contribution in [0.4, 0.5) is 0 Å². The molecule has 0 N–H and O–H groups in total. The van der Waals surface area contributed by atoms with E-state index in [1.165, 1.54) is 12.3 Å². The van der Waals surface area contributed by atoms with Crippen molar-refractivity contribution < 1.29 is 17.3 Å². The number of ether oxygens (including phenoxy) is 1. The molecular weight excluding hydrogens is 168 g/mol. The lowest BCUT2D eigenvalue weighted by Crippen LogP contribution is -2.04. The Labute approximate surface area is 65.2 Å². The highest BCUT2D eigenvalue weighted by atomic mass is 32.2. The predicted molar refractivity (Wildman–Crippen MR) is 39.1 cm³/mol. The lowest BCUT2D eigenvalue weighted by Gasteiger charge is -2.07. The second-order valence-electron chi connectivity index (χ2n) is 2.03. The highest BCUT2D eigenvalue weighted by Gasteiger charge is 2.05. The molecule has 0 spiro atoms. The fourth-order valence-corrected chi connectivity index (χ4v) is 1.08. The minimum absolute atomic E-state index is 0.304. The summed E-state index contributed by atoms with van der Waals surface area (Å²) in [5, 5.41) is 0. The monoisotopic (exact) mass is 176 g/mol. The molecule has 0 bridgehead atoms. The molecule has 0 atom stereocenters. The van der Waals surface area contributed by atoms with Gasteiger partial charge in [0.25, 0.3) is 0 Å². The van der Waals surface area contributed by atoms with Gasteiger partial charge in [0.1, 0.15) is 12.4 Å². The molecule has 1 heterocycles. The van der Waals surface area contributed by atoms with Crippen LogP contribution in [0.25, 0.3) is 0 Å². The van der Waals surface area contributed by atoms with Crippen molar-refractivity contribution in [1.82, 2.24) is 0 Å². The fraction of sp³-hybridized carbons (Fsp3) is 0.333. The average Bonchev–Trinajstić information content (AvgIpc) is 1.85. The molecule has 4 nitrogen and oxygen atoms in total. The van der Waals surface area contributed by atoms with Gasteiger partial charge in [0.15, 0.2) is 0 Å². The molecule has 0 radical (unpaired) electrons. The summed E-state index contributed by atoms with van der Waals surface area (Å²) in [5.41, 5.74) is 0. The molecule has 0 unspecified atom stereocenters. The third-order valence-electron chi connectivity index (χ3n) is 0.957. The van der Waals surface area contributed by atoms with E-state index in [0.717, 1.165) is 6.26 Å². The van der Waals surface area contributed by atoms with Gasteiger partial charge in [-0.25, -0.2) is 0 Å². The molecule has 0 aliphatic carbocycles. The van der Waals surface area contributed by atoms with Crippen molar-refractivity contribution in [1.29, 1.82) is 0 Å². The summed E-state index contributed by atoms with van der Waals surface area (Å²) in [6, 6.07) is 0. The first kappa shape index (κ1) is 8.13. The molecule has 5 heteroatoms. The Hall–Kier alpha value is -0.970. The van der Waals surface area contributed by atoms with Gasteiger partial charge in [-0.15, -0.1) is 0 Å². The second kappa shape index (κ2) is 2.96. The van der Waals surface area contributed by atoms with Crippen LogP contribution in [0, 0.1) is 0 Å². The van der Waals surface area contributed by atoms with E-state index in [4.69, 9.17) is 4.74 Å². The molecule has 0 aromatic heterocycles. The quantitative estimate of drug-likeness (QED) is 0.571. The van der Waals surface area contributed by atoms with Gasteiger partial charge in [0.2, 0.25) is 0 Å². The number of hydrogen-bond donors (Lipinski definition) is 0. The molecule has 1 aliphatic rings. The Kier molecular flexibility index (Phi) is 2.19. The van der Waals surface area contributed by atoms with Crippen LogP contribution in [0.2, 0.25) is 0 Å². The van der Waals surface area contributed by atoms with Crippen molar-refractivity contribution >= 4 is 10.1 Å². The molecular formula is C6H8O4S. The van der Waals surface area contributed by atoms with Gasteiger partial charge in [-0.1, -0.05) is 0 Å². The Morgan fingerprint density at radius 3 is 2.82 bits per heavy atom. The maximum absolute atomic E-state index is 10.6. The molecule has 11 heavy (non-hydrogen) atoms. The maximum atomic E-state index is 10.6. The largest absolute Gasteiger partial charge is 0.497 e. The van der Waals surface area contributed by atoms with Crippen LogP contribution in [-0.2, 0) is 19.0 Å². The van der Waals surface area contributed by atoms with Crippen molar-refractivity contribution in [3.63, 3.8) is 0 Å². The normalized spacial score (nSPS) is 17.0. The van der Waals surface area contributed by atoms with Crippen LogP contribution >= 0.6 is 0 Å². The maximum Gasteiger partial charge on any atom is 0.306 e. The van der Waals surface area contributed by atoms with Crippen LogP contribution in [-0.4, -0.2) is 21.3 Å². The van der Waals surface area contributed by atoms with Crippen LogP contribution in [0.15, 0.2) is 24.2 Å². The van der Waals surface area contributed by atoms with Gasteiger partial charge < -0.3 is 8.92 Å². The second-order valence-corrected chi connectivity index (χ2v) is 3.60. The third kappa shape index (κ3) is 3.08. The first-order valence-corrected chi connectivity index (χ1v) is 4.77. The van der Waals surface area contributed by atoms with E-state index in [0.29, 0.717) is 12.4 Å². The molecule has 62 valence electrons. The van der Waals surface area contributed by atoms with Crippen molar-refractivity contribution in [3.05, 3.63) is 24.2 Å². The predicted octanol–water partition coefficient (Wildman–Crippen LogP) is 0.390. The van der Waals surface area contributed by atoms with E-state index in [2.05, 4.69) is 4.18 Å². The average molecular weight is 176 g/mol. The highest BCUT2D eigenvalue weighted by Crippen LogP contribution is 2.07. The smallest absolute Gasteiger partial charge is 0.306 e. The third-order valence-corrected chi connectivity index (χ3v) is 1.45. The SMILES string of the molecule is CS(=O)(=O)OC1=CCOC=C1. The van der Waals surface area contributed by atoms with Crippen LogP contribution < -0.4 is 0 Å². The topological polar surface area (TPSA) is 52.6 Å². The van der Waals surface area contributed by atoms with Crippen molar-refractivity contribution in [2.24, 2.45) is 0 Å². The van der Waals surface area contributed by atoms with Crippen molar-refractivity contribution in [2.45, 2.75) is 0 Å². The Bertz CT molecular complexity index is 286. The number of hydrogen-bond acceptors (Lipinski definition) is 4. The minimum atomic E-state index is -3.40. The van der Waals surface area contributed by atoms with E-state index in [1.54, 1.807) is 6.08 Å². The minimum Gasteiger partial charge on any atom is -0.497 e. The number of allylic oxidation sites excluding steroid dienone is 1. The van der Waals surface area contributed by atoms with Gasteiger partial charge in [-0.05, 0) is 6.08 Å². The first-order chi connectivity index (χ1) is 5.08. The molecule has 0 aromatic rings.